The van der Waals surface area contributed by atoms with E-state index in [2.05, 4.69) is 4.98 Å². The summed E-state index contributed by atoms with van der Waals surface area (Å²) in [6.45, 7) is 4.52. The molecule has 16 heavy (non-hydrogen) atoms. The zero-order valence-electron chi connectivity index (χ0n) is 9.62. The Morgan fingerprint density at radius 2 is 2.31 bits per heavy atom. The summed E-state index contributed by atoms with van der Waals surface area (Å²) in [6.07, 6.45) is 2.13. The molecular formula is C12H16N2OS. The van der Waals surface area contributed by atoms with E-state index in [-0.39, 0.29) is 11.9 Å². The van der Waals surface area contributed by atoms with Gasteiger partial charge in [0.15, 0.2) is 0 Å². The van der Waals surface area contributed by atoms with Crippen molar-refractivity contribution in [2.24, 2.45) is 0 Å². The van der Waals surface area contributed by atoms with Crippen LogP contribution in [-0.4, -0.2) is 22.3 Å². The lowest BCUT2D eigenvalue weighted by molar-refractivity contribution is -0.129. The number of aromatic amines is 1. The molecule has 1 atom stereocenters. The minimum absolute atomic E-state index is 0.157. The summed E-state index contributed by atoms with van der Waals surface area (Å²) in [6, 6.07) is 4.17. The number of pyridine rings is 1. The van der Waals surface area contributed by atoms with E-state index in [1.54, 1.807) is 6.92 Å². The fraction of sp³-hybridized carbons (Fsp3) is 0.500. The average molecular weight is 236 g/mol. The van der Waals surface area contributed by atoms with E-state index in [4.69, 9.17) is 12.2 Å². The van der Waals surface area contributed by atoms with Gasteiger partial charge in [-0.3, -0.25) is 4.79 Å². The molecular weight excluding hydrogens is 220 g/mol. The quantitative estimate of drug-likeness (QED) is 0.761. The third-order valence-corrected chi connectivity index (χ3v) is 3.41. The molecule has 1 aromatic rings. The van der Waals surface area contributed by atoms with Gasteiger partial charge in [-0.05, 0) is 31.4 Å². The third kappa shape index (κ3) is 2.02. The number of carbonyl (C=O) groups excluding carboxylic acids is 1. The van der Waals surface area contributed by atoms with Crippen LogP contribution in [0.25, 0.3) is 0 Å². The van der Waals surface area contributed by atoms with Crippen LogP contribution in [0.5, 0.6) is 0 Å². The molecule has 0 bridgehead atoms. The van der Waals surface area contributed by atoms with Crippen LogP contribution < -0.4 is 0 Å². The van der Waals surface area contributed by atoms with Gasteiger partial charge in [0, 0.05) is 19.2 Å². The average Bonchev–Trinajstić information content (AvgIpc) is 2.66. The van der Waals surface area contributed by atoms with E-state index in [9.17, 15) is 4.79 Å². The van der Waals surface area contributed by atoms with E-state index < -0.39 is 0 Å². The summed E-state index contributed by atoms with van der Waals surface area (Å²) in [7, 11) is 0. The molecule has 1 saturated heterocycles. The summed E-state index contributed by atoms with van der Waals surface area (Å²) < 4.78 is 0.744. The molecule has 3 nitrogen and oxygen atoms in total. The van der Waals surface area contributed by atoms with Crippen molar-refractivity contribution in [3.05, 3.63) is 28.0 Å². The lowest BCUT2D eigenvalue weighted by Crippen LogP contribution is -2.28. The highest BCUT2D eigenvalue weighted by molar-refractivity contribution is 7.71. The number of aryl methyl sites for hydroxylation is 1. The van der Waals surface area contributed by atoms with E-state index in [1.165, 1.54) is 5.56 Å². The van der Waals surface area contributed by atoms with E-state index >= 15 is 0 Å². The van der Waals surface area contributed by atoms with Crippen molar-refractivity contribution in [2.45, 2.75) is 32.7 Å². The zero-order chi connectivity index (χ0) is 11.7. The first-order chi connectivity index (χ1) is 7.59. The van der Waals surface area contributed by atoms with Gasteiger partial charge in [0.05, 0.1) is 6.04 Å². The molecule has 1 N–H and O–H groups in total. The fourth-order valence-corrected chi connectivity index (χ4v) is 2.64. The second-order valence-corrected chi connectivity index (χ2v) is 4.71. The van der Waals surface area contributed by atoms with Crippen molar-refractivity contribution in [1.29, 1.82) is 0 Å². The normalized spacial score (nSPS) is 20.1. The van der Waals surface area contributed by atoms with Crippen LogP contribution in [0.3, 0.4) is 0 Å². The van der Waals surface area contributed by atoms with Gasteiger partial charge in [-0.25, -0.2) is 0 Å². The van der Waals surface area contributed by atoms with Crippen LogP contribution in [0.1, 0.15) is 37.1 Å². The molecule has 1 fully saturated rings. The molecule has 1 aliphatic heterocycles. The maximum atomic E-state index is 11.5. The molecule has 0 unspecified atom stereocenters. The number of hydrogen-bond donors (Lipinski definition) is 1. The highest BCUT2D eigenvalue weighted by atomic mass is 32.1. The number of hydrogen-bond acceptors (Lipinski definition) is 2. The predicted octanol–water partition coefficient (Wildman–Crippen LogP) is 2.74. The minimum Gasteiger partial charge on any atom is -0.350 e. The Morgan fingerprint density at radius 3 is 2.94 bits per heavy atom. The molecule has 86 valence electrons. The molecule has 1 aliphatic rings. The minimum atomic E-state index is 0.157. The Bertz CT molecular complexity index is 466. The third-order valence-electron chi connectivity index (χ3n) is 3.17. The second kappa shape index (κ2) is 4.37. The van der Waals surface area contributed by atoms with Crippen molar-refractivity contribution in [3.8, 4) is 0 Å². The molecule has 2 heterocycles. The zero-order valence-corrected chi connectivity index (χ0v) is 10.4. The van der Waals surface area contributed by atoms with Gasteiger partial charge in [-0.2, -0.15) is 0 Å². The molecule has 0 aliphatic carbocycles. The maximum absolute atomic E-state index is 11.5. The molecule has 0 aromatic carbocycles. The Labute approximate surface area is 100 Å². The maximum Gasteiger partial charge on any atom is 0.219 e. The van der Waals surface area contributed by atoms with E-state index in [1.807, 2.05) is 24.0 Å². The lowest BCUT2D eigenvalue weighted by atomic mass is 10.0. The van der Waals surface area contributed by atoms with Gasteiger partial charge in [-0.1, -0.05) is 18.3 Å². The number of carbonyl (C=O) groups is 1. The number of amides is 1. The van der Waals surface area contributed by atoms with Crippen molar-refractivity contribution >= 4 is 18.1 Å². The van der Waals surface area contributed by atoms with Crippen LogP contribution in [-0.2, 0) is 4.79 Å². The van der Waals surface area contributed by atoms with Crippen molar-refractivity contribution in [1.82, 2.24) is 9.88 Å². The number of H-pyrrole nitrogens is 1. The summed E-state index contributed by atoms with van der Waals surface area (Å²) in [5.74, 6) is 0.157. The summed E-state index contributed by atoms with van der Waals surface area (Å²) in [4.78, 5) is 16.6. The van der Waals surface area contributed by atoms with Crippen molar-refractivity contribution in [3.63, 3.8) is 0 Å². The van der Waals surface area contributed by atoms with Crippen LogP contribution in [0.4, 0.5) is 0 Å². The number of rotatable bonds is 1. The molecule has 0 spiro atoms. The number of nitrogens with zero attached hydrogens (tertiary/aromatic N) is 1. The van der Waals surface area contributed by atoms with Crippen LogP contribution in [0.2, 0.25) is 0 Å². The molecule has 1 amide bonds. The predicted molar refractivity (Wildman–Crippen MR) is 65.7 cm³/mol. The molecule has 4 heteroatoms. The SMILES string of the molecule is CC(=O)N1CCC[C@H]1c1ccc(=S)[nH]c1C. The Morgan fingerprint density at radius 1 is 1.56 bits per heavy atom. The summed E-state index contributed by atoms with van der Waals surface area (Å²) in [5, 5.41) is 0. The highest BCUT2D eigenvalue weighted by Gasteiger charge is 2.28. The Kier molecular flexibility index (Phi) is 3.10. The first kappa shape index (κ1) is 11.3. The molecule has 0 radical (unpaired) electrons. The molecule has 1 aromatic heterocycles. The van der Waals surface area contributed by atoms with Crippen LogP contribution in [0.15, 0.2) is 12.1 Å². The van der Waals surface area contributed by atoms with Crippen LogP contribution in [0, 0.1) is 11.6 Å². The van der Waals surface area contributed by atoms with E-state index in [0.29, 0.717) is 0 Å². The standard InChI is InChI=1S/C12H16N2OS/c1-8-10(5-6-12(16)13-8)11-4-3-7-14(11)9(2)15/h5-6,11H,3-4,7H2,1-2H3,(H,13,16)/t11-/m0/s1. The number of likely N-dealkylation sites (tertiary alicyclic amines) is 1. The van der Waals surface area contributed by atoms with Crippen molar-refractivity contribution < 1.29 is 4.79 Å². The largest absolute Gasteiger partial charge is 0.350 e. The molecule has 2 rings (SSSR count). The van der Waals surface area contributed by atoms with Crippen LogP contribution >= 0.6 is 12.2 Å². The number of nitrogens with one attached hydrogen (secondary N) is 1. The second-order valence-electron chi connectivity index (χ2n) is 4.27. The number of aromatic nitrogens is 1. The topological polar surface area (TPSA) is 36.1 Å². The fourth-order valence-electron chi connectivity index (χ4n) is 2.42. The Balaban J connectivity index is 2.36. The van der Waals surface area contributed by atoms with E-state index in [0.717, 1.165) is 29.7 Å². The van der Waals surface area contributed by atoms with Gasteiger partial charge < -0.3 is 9.88 Å². The Hall–Kier alpha value is -1.16. The van der Waals surface area contributed by atoms with Gasteiger partial charge in [0.25, 0.3) is 0 Å². The first-order valence-electron chi connectivity index (χ1n) is 5.56. The lowest BCUT2D eigenvalue weighted by Gasteiger charge is -2.24. The summed E-state index contributed by atoms with van der Waals surface area (Å²) in [5.41, 5.74) is 2.27. The monoisotopic (exact) mass is 236 g/mol. The highest BCUT2D eigenvalue weighted by Crippen LogP contribution is 2.32. The van der Waals surface area contributed by atoms with Gasteiger partial charge in [0.1, 0.15) is 4.64 Å². The van der Waals surface area contributed by atoms with Crippen molar-refractivity contribution in [2.75, 3.05) is 6.54 Å². The van der Waals surface area contributed by atoms with Gasteiger partial charge >= 0.3 is 0 Å². The van der Waals surface area contributed by atoms with Gasteiger partial charge in [0.2, 0.25) is 5.91 Å². The summed E-state index contributed by atoms with van der Waals surface area (Å²) >= 11 is 5.08. The smallest absolute Gasteiger partial charge is 0.219 e. The first-order valence-corrected chi connectivity index (χ1v) is 5.97. The van der Waals surface area contributed by atoms with Gasteiger partial charge in [-0.15, -0.1) is 0 Å². The molecule has 0 saturated carbocycles.